The van der Waals surface area contributed by atoms with E-state index in [0.717, 1.165) is 6.07 Å². The molecule has 1 aromatic heterocycles. The maximum Gasteiger partial charge on any atom is 0.253 e. The molecule has 4 nitrogen and oxygen atoms in total. The van der Waals surface area contributed by atoms with Crippen molar-refractivity contribution < 1.29 is 18.3 Å². The number of pyridine rings is 1. The zero-order valence-corrected chi connectivity index (χ0v) is 11.4. The van der Waals surface area contributed by atoms with Gasteiger partial charge >= 0.3 is 0 Å². The zero-order valence-electron chi connectivity index (χ0n) is 11.4. The first-order chi connectivity index (χ1) is 10.1. The predicted octanol–water partition coefficient (Wildman–Crippen LogP) is 2.51. The molecule has 0 saturated carbocycles. The first kappa shape index (κ1) is 14.9. The van der Waals surface area contributed by atoms with E-state index in [9.17, 15) is 13.6 Å². The minimum atomic E-state index is -0.703. The molecule has 1 heterocycles. The number of amides is 1. The van der Waals surface area contributed by atoms with E-state index in [2.05, 4.69) is 4.98 Å². The molecule has 0 fully saturated rings. The second-order valence-corrected chi connectivity index (χ2v) is 4.40. The third-order valence-electron chi connectivity index (χ3n) is 2.81. The van der Waals surface area contributed by atoms with E-state index in [-0.39, 0.29) is 23.9 Å². The van der Waals surface area contributed by atoms with Gasteiger partial charge in [0.25, 0.3) is 5.91 Å². The van der Waals surface area contributed by atoms with Gasteiger partial charge in [-0.3, -0.25) is 4.79 Å². The van der Waals surface area contributed by atoms with E-state index in [1.165, 1.54) is 29.3 Å². The number of hydrogen-bond donors (Lipinski definition) is 0. The van der Waals surface area contributed by atoms with Crippen LogP contribution >= 0.6 is 0 Å². The molecule has 1 amide bonds. The third kappa shape index (κ3) is 4.24. The van der Waals surface area contributed by atoms with Gasteiger partial charge in [-0.2, -0.15) is 4.39 Å². The SMILES string of the molecule is CN(CCOc1cccc(F)c1)C(=O)c1ccnc(F)c1. The fourth-order valence-electron chi connectivity index (χ4n) is 1.71. The van der Waals surface area contributed by atoms with Crippen molar-refractivity contribution in [3.8, 4) is 5.75 Å². The Morgan fingerprint density at radius 2 is 2.10 bits per heavy atom. The zero-order chi connectivity index (χ0) is 15.2. The maximum atomic E-state index is 13.0. The second-order valence-electron chi connectivity index (χ2n) is 4.40. The van der Waals surface area contributed by atoms with E-state index in [1.54, 1.807) is 19.2 Å². The van der Waals surface area contributed by atoms with Gasteiger partial charge in [-0.15, -0.1) is 0 Å². The fourth-order valence-corrected chi connectivity index (χ4v) is 1.71. The minimum absolute atomic E-state index is 0.208. The Balaban J connectivity index is 1.87. The van der Waals surface area contributed by atoms with E-state index in [0.29, 0.717) is 12.3 Å². The van der Waals surface area contributed by atoms with Gasteiger partial charge in [0, 0.05) is 30.9 Å². The van der Waals surface area contributed by atoms with Crippen LogP contribution in [-0.2, 0) is 0 Å². The number of hydrogen-bond acceptors (Lipinski definition) is 3. The number of nitrogens with zero attached hydrogens (tertiary/aromatic N) is 2. The molecular weight excluding hydrogens is 278 g/mol. The molecule has 21 heavy (non-hydrogen) atoms. The highest BCUT2D eigenvalue weighted by Gasteiger charge is 2.12. The van der Waals surface area contributed by atoms with Crippen LogP contribution in [0.2, 0.25) is 0 Å². The largest absolute Gasteiger partial charge is 0.492 e. The van der Waals surface area contributed by atoms with Gasteiger partial charge in [0.05, 0.1) is 6.54 Å². The number of carbonyl (C=O) groups is 1. The van der Waals surface area contributed by atoms with Gasteiger partial charge in [-0.05, 0) is 18.2 Å². The van der Waals surface area contributed by atoms with Crippen molar-refractivity contribution in [1.29, 1.82) is 0 Å². The van der Waals surface area contributed by atoms with Crippen LogP contribution in [0.5, 0.6) is 5.75 Å². The lowest BCUT2D eigenvalue weighted by Gasteiger charge is -2.17. The number of ether oxygens (including phenoxy) is 1. The highest BCUT2D eigenvalue weighted by molar-refractivity contribution is 5.93. The summed E-state index contributed by atoms with van der Waals surface area (Å²) >= 11 is 0. The quantitative estimate of drug-likeness (QED) is 0.795. The van der Waals surface area contributed by atoms with Crippen molar-refractivity contribution in [3.05, 3.63) is 59.9 Å². The molecule has 6 heteroatoms. The Hall–Kier alpha value is -2.50. The molecule has 1 aromatic carbocycles. The molecule has 0 spiro atoms. The molecule has 2 rings (SSSR count). The summed E-state index contributed by atoms with van der Waals surface area (Å²) in [6.07, 6.45) is 1.24. The summed E-state index contributed by atoms with van der Waals surface area (Å²) in [5.74, 6) is -1.03. The first-order valence-corrected chi connectivity index (χ1v) is 6.31. The Kier molecular flexibility index (Phi) is 4.81. The summed E-state index contributed by atoms with van der Waals surface area (Å²) in [6.45, 7) is 0.499. The molecule has 0 saturated heterocycles. The second kappa shape index (κ2) is 6.78. The molecule has 0 bridgehead atoms. The van der Waals surface area contributed by atoms with Crippen LogP contribution in [0.4, 0.5) is 8.78 Å². The summed E-state index contributed by atoms with van der Waals surface area (Å²) in [7, 11) is 1.58. The van der Waals surface area contributed by atoms with Crippen molar-refractivity contribution in [2.24, 2.45) is 0 Å². The molecule has 110 valence electrons. The number of benzene rings is 1. The van der Waals surface area contributed by atoms with Crippen molar-refractivity contribution in [1.82, 2.24) is 9.88 Å². The van der Waals surface area contributed by atoms with Gasteiger partial charge < -0.3 is 9.64 Å². The molecule has 0 aliphatic carbocycles. The fraction of sp³-hybridized carbons (Fsp3) is 0.200. The third-order valence-corrected chi connectivity index (χ3v) is 2.81. The Bertz CT molecular complexity index is 635. The highest BCUT2D eigenvalue weighted by atomic mass is 19.1. The van der Waals surface area contributed by atoms with E-state index in [1.807, 2.05) is 0 Å². The minimum Gasteiger partial charge on any atom is -0.492 e. The van der Waals surface area contributed by atoms with E-state index in [4.69, 9.17) is 4.74 Å². The molecular formula is C15H14F2N2O2. The molecule has 0 unspecified atom stereocenters. The van der Waals surface area contributed by atoms with Crippen LogP contribution in [0.3, 0.4) is 0 Å². The molecule has 2 aromatic rings. The number of likely N-dealkylation sites (N-methyl/N-ethyl adjacent to an activating group) is 1. The Morgan fingerprint density at radius 3 is 2.81 bits per heavy atom. The molecule has 0 radical (unpaired) electrons. The van der Waals surface area contributed by atoms with Gasteiger partial charge in [0.15, 0.2) is 0 Å². The van der Waals surface area contributed by atoms with E-state index >= 15 is 0 Å². The van der Waals surface area contributed by atoms with Crippen LogP contribution in [0.15, 0.2) is 42.6 Å². The monoisotopic (exact) mass is 292 g/mol. The van der Waals surface area contributed by atoms with Gasteiger partial charge in [-0.1, -0.05) is 6.07 Å². The van der Waals surface area contributed by atoms with Gasteiger partial charge in [-0.25, -0.2) is 9.37 Å². The predicted molar refractivity (Wildman–Crippen MR) is 73.1 cm³/mol. The Labute approximate surface area is 121 Å². The lowest BCUT2D eigenvalue weighted by molar-refractivity contribution is 0.0773. The first-order valence-electron chi connectivity index (χ1n) is 6.31. The number of rotatable bonds is 5. The van der Waals surface area contributed by atoms with Crippen molar-refractivity contribution in [2.75, 3.05) is 20.2 Å². The Morgan fingerprint density at radius 1 is 1.29 bits per heavy atom. The molecule has 0 atom stereocenters. The highest BCUT2D eigenvalue weighted by Crippen LogP contribution is 2.12. The van der Waals surface area contributed by atoms with Crippen LogP contribution in [0, 0.1) is 11.8 Å². The lowest BCUT2D eigenvalue weighted by atomic mass is 10.2. The normalized spacial score (nSPS) is 10.2. The van der Waals surface area contributed by atoms with Crippen LogP contribution in [-0.4, -0.2) is 36.0 Å². The van der Waals surface area contributed by atoms with Crippen molar-refractivity contribution in [3.63, 3.8) is 0 Å². The average Bonchev–Trinajstić information content (AvgIpc) is 2.46. The summed E-state index contributed by atoms with van der Waals surface area (Å²) < 4.78 is 31.3. The topological polar surface area (TPSA) is 42.4 Å². The summed E-state index contributed by atoms with van der Waals surface area (Å²) in [5.41, 5.74) is 0.218. The molecule has 0 aliphatic rings. The standard InChI is InChI=1S/C15H14F2N2O2/c1-19(15(20)11-5-6-18-14(17)9-11)7-8-21-13-4-2-3-12(16)10-13/h2-6,9-10H,7-8H2,1H3. The molecule has 0 N–H and O–H groups in total. The van der Waals surface area contributed by atoms with Crippen LogP contribution < -0.4 is 4.74 Å². The van der Waals surface area contributed by atoms with Crippen LogP contribution in [0.1, 0.15) is 10.4 Å². The van der Waals surface area contributed by atoms with Crippen molar-refractivity contribution >= 4 is 5.91 Å². The number of aromatic nitrogens is 1. The summed E-state index contributed by atoms with van der Waals surface area (Å²) in [6, 6.07) is 8.27. The summed E-state index contributed by atoms with van der Waals surface area (Å²) in [5, 5.41) is 0. The van der Waals surface area contributed by atoms with Crippen molar-refractivity contribution in [2.45, 2.75) is 0 Å². The van der Waals surface area contributed by atoms with Gasteiger partial charge in [0.2, 0.25) is 5.95 Å². The lowest BCUT2D eigenvalue weighted by Crippen LogP contribution is -2.31. The average molecular weight is 292 g/mol. The van der Waals surface area contributed by atoms with E-state index < -0.39 is 5.95 Å². The van der Waals surface area contributed by atoms with Gasteiger partial charge in [0.1, 0.15) is 18.2 Å². The summed E-state index contributed by atoms with van der Waals surface area (Å²) in [4.78, 5) is 16.8. The number of carbonyl (C=O) groups excluding carboxylic acids is 1. The number of halogens is 2. The van der Waals surface area contributed by atoms with Crippen LogP contribution in [0.25, 0.3) is 0 Å². The smallest absolute Gasteiger partial charge is 0.253 e. The maximum absolute atomic E-state index is 13.0. The molecule has 0 aliphatic heterocycles.